The molecule has 142 valence electrons. The Bertz CT molecular complexity index is 889. The lowest BCUT2D eigenvalue weighted by Crippen LogP contribution is -2.15. The first-order valence-electron chi connectivity index (χ1n) is 8.10. The largest absolute Gasteiger partial charge is 0.336 e. The third-order valence-corrected chi connectivity index (χ3v) is 5.80. The van der Waals surface area contributed by atoms with Crippen LogP contribution in [0.4, 0.5) is 5.69 Å². The Hall–Kier alpha value is -2.11. The summed E-state index contributed by atoms with van der Waals surface area (Å²) < 4.78 is 23.7. The molecular weight excluding hydrogens is 435 g/mol. The van der Waals surface area contributed by atoms with Crippen LogP contribution in [0.25, 0.3) is 0 Å². The van der Waals surface area contributed by atoms with E-state index < -0.39 is 13.5 Å². The molecule has 0 saturated heterocycles. The van der Waals surface area contributed by atoms with E-state index in [-0.39, 0.29) is 25.1 Å². The summed E-state index contributed by atoms with van der Waals surface area (Å²) in [4.78, 5) is 20.5. The molecule has 2 rings (SSSR count). The molecular formula is C17H18BrN4O4P. The van der Waals surface area contributed by atoms with Gasteiger partial charge in [0.1, 0.15) is 11.8 Å². The molecule has 0 aliphatic carbocycles. The van der Waals surface area contributed by atoms with Crippen LogP contribution in [0.15, 0.2) is 35.1 Å². The van der Waals surface area contributed by atoms with E-state index in [4.69, 9.17) is 14.3 Å². The van der Waals surface area contributed by atoms with Gasteiger partial charge in [0.2, 0.25) is 0 Å². The second-order valence-electron chi connectivity index (χ2n) is 5.25. The molecule has 1 amide bonds. The minimum absolute atomic E-state index is 0.0329. The zero-order valence-electron chi connectivity index (χ0n) is 14.8. The Morgan fingerprint density at radius 2 is 1.96 bits per heavy atom. The fraction of sp³-hybridized carbons (Fsp3) is 0.294. The Balaban J connectivity index is 2.12. The number of nitriles is 1. The van der Waals surface area contributed by atoms with E-state index in [0.717, 1.165) is 4.47 Å². The summed E-state index contributed by atoms with van der Waals surface area (Å²) in [5.41, 5.74) is 1.14. The van der Waals surface area contributed by atoms with Crippen molar-refractivity contribution in [3.8, 4) is 6.07 Å². The molecule has 0 spiro atoms. The smallest absolute Gasteiger partial charge is 0.319 e. The number of nitrogens with one attached hydrogen (secondary N) is 1. The van der Waals surface area contributed by atoms with E-state index in [1.807, 2.05) is 6.07 Å². The maximum absolute atomic E-state index is 12.5. The van der Waals surface area contributed by atoms with Crippen LogP contribution in [0.5, 0.6) is 0 Å². The van der Waals surface area contributed by atoms with Crippen LogP contribution in [0, 0.1) is 11.3 Å². The van der Waals surface area contributed by atoms with Gasteiger partial charge in [0.15, 0.2) is 0 Å². The van der Waals surface area contributed by atoms with Gasteiger partial charge in [-0.25, -0.2) is 4.98 Å². The first-order chi connectivity index (χ1) is 12.9. The summed E-state index contributed by atoms with van der Waals surface area (Å²) in [6, 6.07) is 6.94. The van der Waals surface area contributed by atoms with Gasteiger partial charge in [0.05, 0.1) is 42.5 Å². The second-order valence-corrected chi connectivity index (χ2v) is 8.22. The van der Waals surface area contributed by atoms with Gasteiger partial charge < -0.3 is 14.4 Å². The summed E-state index contributed by atoms with van der Waals surface area (Å²) in [7, 11) is -3.29. The molecule has 0 fully saturated rings. The zero-order chi connectivity index (χ0) is 19.9. The van der Waals surface area contributed by atoms with Crippen LogP contribution in [-0.4, -0.2) is 29.1 Å². The molecule has 0 unspecified atom stereocenters. The number of benzene rings is 1. The average molecular weight is 453 g/mol. The lowest BCUT2D eigenvalue weighted by Gasteiger charge is -2.16. The summed E-state index contributed by atoms with van der Waals surface area (Å²) >= 11 is 3.27. The molecule has 0 aliphatic heterocycles. The molecule has 2 aromatic rings. The van der Waals surface area contributed by atoms with Crippen molar-refractivity contribution in [3.05, 3.63) is 52.0 Å². The number of rotatable bonds is 8. The number of carbonyl (C=O) groups excluding carboxylic acids is 1. The molecule has 10 heteroatoms. The fourth-order valence-corrected chi connectivity index (χ4v) is 4.14. The Morgan fingerprint density at radius 1 is 1.26 bits per heavy atom. The highest BCUT2D eigenvalue weighted by atomic mass is 79.9. The standard InChI is InChI=1S/C17H18BrN4O4P/c1-3-25-27(24,26-4-2)11-14-9-21-16(10-20-14)17(23)22-15-6-5-13(18)7-12(15)8-19/h5-7,9-10H,3-4,11H2,1-2H3,(H,22,23). The summed E-state index contributed by atoms with van der Waals surface area (Å²) in [5, 5.41) is 11.8. The molecule has 0 saturated carbocycles. The van der Waals surface area contributed by atoms with Crippen LogP contribution >= 0.6 is 23.5 Å². The summed E-state index contributed by atoms with van der Waals surface area (Å²) in [5.74, 6) is -0.509. The van der Waals surface area contributed by atoms with Gasteiger partial charge in [0, 0.05) is 10.7 Å². The van der Waals surface area contributed by atoms with Crippen molar-refractivity contribution in [2.75, 3.05) is 18.5 Å². The molecule has 1 N–H and O–H groups in total. The fourth-order valence-electron chi connectivity index (χ4n) is 2.18. The van der Waals surface area contributed by atoms with Gasteiger partial charge in [0.25, 0.3) is 5.91 Å². The lowest BCUT2D eigenvalue weighted by atomic mass is 10.2. The van der Waals surface area contributed by atoms with Gasteiger partial charge in [-0.05, 0) is 32.0 Å². The highest BCUT2D eigenvalue weighted by Gasteiger charge is 2.25. The van der Waals surface area contributed by atoms with Gasteiger partial charge in [-0.2, -0.15) is 5.26 Å². The maximum Gasteiger partial charge on any atom is 0.336 e. The van der Waals surface area contributed by atoms with Crippen molar-refractivity contribution in [1.29, 1.82) is 5.26 Å². The number of hydrogen-bond acceptors (Lipinski definition) is 7. The minimum atomic E-state index is -3.29. The molecule has 0 bridgehead atoms. The highest BCUT2D eigenvalue weighted by molar-refractivity contribution is 9.10. The number of nitrogens with zero attached hydrogens (tertiary/aromatic N) is 3. The number of aromatic nitrogens is 2. The monoisotopic (exact) mass is 452 g/mol. The lowest BCUT2D eigenvalue weighted by molar-refractivity contribution is 0.102. The third-order valence-electron chi connectivity index (χ3n) is 3.30. The van der Waals surface area contributed by atoms with Crippen molar-refractivity contribution in [2.24, 2.45) is 0 Å². The van der Waals surface area contributed by atoms with Crippen LogP contribution in [0.2, 0.25) is 0 Å². The van der Waals surface area contributed by atoms with Crippen molar-refractivity contribution in [2.45, 2.75) is 20.0 Å². The minimum Gasteiger partial charge on any atom is -0.319 e. The quantitative estimate of drug-likeness (QED) is 0.598. The van der Waals surface area contributed by atoms with Crippen molar-refractivity contribution < 1.29 is 18.4 Å². The summed E-state index contributed by atoms with van der Waals surface area (Å²) in [6.45, 7) is 3.95. The molecule has 1 aromatic heterocycles. The number of anilines is 1. The molecule has 8 nitrogen and oxygen atoms in total. The topological polar surface area (TPSA) is 114 Å². The van der Waals surface area contributed by atoms with Crippen LogP contribution in [0.3, 0.4) is 0 Å². The number of amides is 1. The first-order valence-corrected chi connectivity index (χ1v) is 10.6. The van der Waals surface area contributed by atoms with Gasteiger partial charge in [-0.15, -0.1) is 0 Å². The molecule has 0 atom stereocenters. The van der Waals surface area contributed by atoms with Crippen LogP contribution in [0.1, 0.15) is 35.6 Å². The van der Waals surface area contributed by atoms with Crippen LogP contribution < -0.4 is 5.32 Å². The second kappa shape index (κ2) is 9.72. The van der Waals surface area contributed by atoms with Gasteiger partial charge in [-0.3, -0.25) is 14.3 Å². The van der Waals surface area contributed by atoms with E-state index in [9.17, 15) is 9.36 Å². The first kappa shape index (κ1) is 21.2. The third kappa shape index (κ3) is 5.94. The normalized spacial score (nSPS) is 11.0. The van der Waals surface area contributed by atoms with Crippen molar-refractivity contribution in [1.82, 2.24) is 9.97 Å². The zero-order valence-corrected chi connectivity index (χ0v) is 17.3. The van der Waals surface area contributed by atoms with E-state index in [2.05, 4.69) is 31.2 Å². The highest BCUT2D eigenvalue weighted by Crippen LogP contribution is 2.50. The average Bonchev–Trinajstić information content (AvgIpc) is 2.64. The number of carbonyl (C=O) groups is 1. The number of hydrogen-bond donors (Lipinski definition) is 1. The molecule has 1 aromatic carbocycles. The molecule has 0 aliphatic rings. The maximum atomic E-state index is 12.5. The van der Waals surface area contributed by atoms with Crippen molar-refractivity contribution in [3.63, 3.8) is 0 Å². The SMILES string of the molecule is CCOP(=O)(Cc1cnc(C(=O)Nc2ccc(Br)cc2C#N)cn1)OCC. The number of halogens is 1. The molecule has 27 heavy (non-hydrogen) atoms. The van der Waals surface area contributed by atoms with E-state index in [1.165, 1.54) is 12.4 Å². The predicted molar refractivity (Wildman–Crippen MR) is 103 cm³/mol. The summed E-state index contributed by atoms with van der Waals surface area (Å²) in [6.07, 6.45) is 2.60. The molecule has 0 radical (unpaired) electrons. The Kier molecular flexibility index (Phi) is 7.63. The predicted octanol–water partition coefficient (Wildman–Crippen LogP) is 4.13. The van der Waals surface area contributed by atoms with E-state index >= 15 is 0 Å². The van der Waals surface area contributed by atoms with Gasteiger partial charge in [-0.1, -0.05) is 15.9 Å². The van der Waals surface area contributed by atoms with Gasteiger partial charge >= 0.3 is 7.60 Å². The van der Waals surface area contributed by atoms with E-state index in [0.29, 0.717) is 16.9 Å². The molecule has 1 heterocycles. The van der Waals surface area contributed by atoms with Crippen LogP contribution in [-0.2, 0) is 19.8 Å². The Morgan fingerprint density at radius 3 is 2.52 bits per heavy atom. The Labute approximate surface area is 165 Å². The van der Waals surface area contributed by atoms with Crippen molar-refractivity contribution >= 4 is 35.1 Å². The van der Waals surface area contributed by atoms with E-state index in [1.54, 1.807) is 32.0 Å².